The maximum absolute atomic E-state index is 13.5. The number of anilines is 1. The van der Waals surface area contributed by atoms with Crippen LogP contribution >= 0.6 is 11.3 Å². The van der Waals surface area contributed by atoms with Crippen LogP contribution in [-0.2, 0) is 20.7 Å². The summed E-state index contributed by atoms with van der Waals surface area (Å²) < 4.78 is 10.6. The quantitative estimate of drug-likeness (QED) is 0.205. The highest BCUT2D eigenvalue weighted by atomic mass is 32.1. The van der Waals surface area contributed by atoms with Crippen LogP contribution < -0.4 is 9.64 Å². The monoisotopic (exact) mass is 532 g/mol. The Morgan fingerprint density at radius 1 is 1.18 bits per heavy atom. The lowest BCUT2D eigenvalue weighted by Gasteiger charge is -2.23. The molecule has 2 aliphatic heterocycles. The van der Waals surface area contributed by atoms with Crippen molar-refractivity contribution in [3.05, 3.63) is 80.9 Å². The first kappa shape index (κ1) is 25.7. The second-order valence-corrected chi connectivity index (χ2v) is 10.8. The smallest absolute Gasteiger partial charge is 0.350 e. The lowest BCUT2D eigenvalue weighted by atomic mass is 9.93. The molecule has 1 amide bonds. The highest BCUT2D eigenvalue weighted by Gasteiger charge is 2.48. The maximum atomic E-state index is 13.5. The highest BCUT2D eigenvalue weighted by molar-refractivity contribution is 7.17. The molecule has 0 aliphatic carbocycles. The summed E-state index contributed by atoms with van der Waals surface area (Å²) in [7, 11) is 1.27. The van der Waals surface area contributed by atoms with E-state index in [1.807, 2.05) is 31.2 Å². The van der Waals surface area contributed by atoms with Gasteiger partial charge in [-0.05, 0) is 54.7 Å². The number of aryl methyl sites for hydroxylation is 1. The summed E-state index contributed by atoms with van der Waals surface area (Å²) in [4.78, 5) is 45.1. The summed E-state index contributed by atoms with van der Waals surface area (Å²) in [5, 5.41) is 11.7. The molecule has 0 saturated carbocycles. The molecule has 2 aromatic carbocycles. The molecule has 5 rings (SSSR count). The molecule has 38 heavy (non-hydrogen) atoms. The van der Waals surface area contributed by atoms with Gasteiger partial charge < -0.3 is 14.6 Å². The molecule has 3 heterocycles. The van der Waals surface area contributed by atoms with Gasteiger partial charge in [0.25, 0.3) is 5.78 Å². The lowest BCUT2D eigenvalue weighted by Crippen LogP contribution is -2.29. The first-order valence-electron chi connectivity index (χ1n) is 12.4. The fourth-order valence-corrected chi connectivity index (χ4v) is 5.91. The minimum Gasteiger partial charge on any atom is -0.507 e. The van der Waals surface area contributed by atoms with E-state index < -0.39 is 23.7 Å². The van der Waals surface area contributed by atoms with E-state index >= 15 is 0 Å². The lowest BCUT2D eigenvalue weighted by molar-refractivity contribution is -0.132. The Bertz CT molecular complexity index is 1490. The Labute approximate surface area is 224 Å². The van der Waals surface area contributed by atoms with Gasteiger partial charge in [-0.2, -0.15) is 0 Å². The van der Waals surface area contributed by atoms with Crippen molar-refractivity contribution in [2.75, 3.05) is 12.0 Å². The number of carbonyl (C=O) groups excluding carboxylic acids is 3. The van der Waals surface area contributed by atoms with Gasteiger partial charge in [0.05, 0.1) is 24.4 Å². The number of methoxy groups -OCH3 is 1. The van der Waals surface area contributed by atoms with Crippen molar-refractivity contribution in [2.24, 2.45) is 0 Å². The van der Waals surface area contributed by atoms with Gasteiger partial charge in [-0.15, -0.1) is 0 Å². The van der Waals surface area contributed by atoms with Crippen molar-refractivity contribution in [3.63, 3.8) is 0 Å². The average Bonchev–Trinajstić information content (AvgIpc) is 3.55. The van der Waals surface area contributed by atoms with Crippen molar-refractivity contribution in [3.8, 4) is 5.75 Å². The molecule has 9 heteroatoms. The number of benzene rings is 2. The standard InChI is InChI=1S/C29H28N2O6S/c1-14(2)17-6-8-18(9-7-17)23-22(24(32)19-10-11-21-20(13-19)12-15(3)37-21)25(33)27(34)31(23)29-30-16(4)26(38-29)28(35)36-5/h6-11,13-15,23,32H,12H2,1-5H3/t15-,23-/m1/s1. The van der Waals surface area contributed by atoms with Crippen LogP contribution in [0.4, 0.5) is 5.13 Å². The number of aliphatic hydroxyl groups is 1. The third-order valence-corrected chi connectivity index (χ3v) is 8.03. The van der Waals surface area contributed by atoms with E-state index in [9.17, 15) is 19.5 Å². The Morgan fingerprint density at radius 2 is 1.89 bits per heavy atom. The zero-order valence-electron chi connectivity index (χ0n) is 21.8. The van der Waals surface area contributed by atoms with Gasteiger partial charge in [-0.25, -0.2) is 9.78 Å². The van der Waals surface area contributed by atoms with E-state index in [2.05, 4.69) is 18.8 Å². The van der Waals surface area contributed by atoms with Gasteiger partial charge in [0.1, 0.15) is 22.5 Å². The van der Waals surface area contributed by atoms with Crippen LogP contribution in [-0.4, -0.2) is 41.0 Å². The average molecular weight is 533 g/mol. The largest absolute Gasteiger partial charge is 0.507 e. The third-order valence-electron chi connectivity index (χ3n) is 6.89. The molecule has 0 bridgehead atoms. The maximum Gasteiger partial charge on any atom is 0.350 e. The van der Waals surface area contributed by atoms with E-state index in [4.69, 9.17) is 9.47 Å². The molecule has 1 saturated heterocycles. The van der Waals surface area contributed by atoms with Gasteiger partial charge in [-0.1, -0.05) is 49.4 Å². The summed E-state index contributed by atoms with van der Waals surface area (Å²) in [6, 6.07) is 11.9. The summed E-state index contributed by atoms with van der Waals surface area (Å²) >= 11 is 0.974. The molecule has 0 unspecified atom stereocenters. The third kappa shape index (κ3) is 4.26. The number of nitrogens with zero attached hydrogens (tertiary/aromatic N) is 2. The molecule has 2 atom stereocenters. The number of carbonyl (C=O) groups is 3. The van der Waals surface area contributed by atoms with Gasteiger partial charge in [0, 0.05) is 12.0 Å². The Hall–Kier alpha value is -3.98. The number of ether oxygens (including phenoxy) is 2. The number of rotatable bonds is 5. The van der Waals surface area contributed by atoms with E-state index in [0.29, 0.717) is 23.2 Å². The number of thiazole rings is 1. The predicted octanol–water partition coefficient (Wildman–Crippen LogP) is 5.31. The SMILES string of the molecule is COC(=O)c1sc(N2C(=O)C(=O)C(=C(O)c3ccc4c(c3)C[C@@H](C)O4)[C@H]2c2ccc(C(C)C)cc2)nc1C. The first-order valence-corrected chi connectivity index (χ1v) is 13.2. The van der Waals surface area contributed by atoms with Gasteiger partial charge in [0.2, 0.25) is 0 Å². The summed E-state index contributed by atoms with van der Waals surface area (Å²) in [5.74, 6) is -1.46. The van der Waals surface area contributed by atoms with Crippen LogP contribution in [0, 0.1) is 6.92 Å². The summed E-state index contributed by atoms with van der Waals surface area (Å²) in [6.45, 7) is 7.76. The molecule has 1 N–H and O–H groups in total. The van der Waals surface area contributed by atoms with E-state index in [1.54, 1.807) is 25.1 Å². The first-order chi connectivity index (χ1) is 18.1. The zero-order chi connectivity index (χ0) is 27.3. The number of ketones is 1. The topological polar surface area (TPSA) is 106 Å². The number of hydrogen-bond acceptors (Lipinski definition) is 8. The highest BCUT2D eigenvalue weighted by Crippen LogP contribution is 2.44. The number of esters is 1. The molecule has 2 aliphatic rings. The van der Waals surface area contributed by atoms with Crippen molar-refractivity contribution < 1.29 is 29.0 Å². The Balaban J connectivity index is 1.68. The second kappa shape index (κ2) is 9.72. The number of aliphatic hydroxyl groups excluding tert-OH is 1. The zero-order valence-corrected chi connectivity index (χ0v) is 22.6. The van der Waals surface area contributed by atoms with Crippen LogP contribution in [0.2, 0.25) is 0 Å². The molecule has 1 fully saturated rings. The number of hydrogen-bond donors (Lipinski definition) is 1. The predicted molar refractivity (Wildman–Crippen MR) is 144 cm³/mol. The second-order valence-electron chi connectivity index (χ2n) is 9.85. The van der Waals surface area contributed by atoms with Crippen molar-refractivity contribution >= 4 is 39.9 Å². The van der Waals surface area contributed by atoms with Crippen LogP contribution in [0.5, 0.6) is 5.75 Å². The number of Topliss-reactive ketones (excluding diaryl/α,β-unsaturated/α-hetero) is 1. The van der Waals surface area contributed by atoms with Crippen LogP contribution in [0.15, 0.2) is 48.0 Å². The van der Waals surface area contributed by atoms with Gasteiger partial charge in [0.15, 0.2) is 5.13 Å². The minimum absolute atomic E-state index is 0.0181. The van der Waals surface area contributed by atoms with Crippen LogP contribution in [0.1, 0.15) is 70.4 Å². The van der Waals surface area contributed by atoms with Crippen LogP contribution in [0.3, 0.4) is 0 Å². The van der Waals surface area contributed by atoms with Gasteiger partial charge >= 0.3 is 11.9 Å². The molecule has 8 nitrogen and oxygen atoms in total. The van der Waals surface area contributed by atoms with E-state index in [-0.39, 0.29) is 33.4 Å². The molecule has 1 aromatic heterocycles. The Morgan fingerprint density at radius 3 is 2.55 bits per heavy atom. The number of aromatic nitrogens is 1. The normalized spacial score (nSPS) is 20.1. The molecule has 3 aromatic rings. The minimum atomic E-state index is -0.935. The van der Waals surface area contributed by atoms with Crippen LogP contribution in [0.25, 0.3) is 5.76 Å². The van der Waals surface area contributed by atoms with Crippen molar-refractivity contribution in [2.45, 2.75) is 52.2 Å². The Kier molecular flexibility index (Phi) is 6.56. The van der Waals surface area contributed by atoms with Crippen molar-refractivity contribution in [1.29, 1.82) is 0 Å². The summed E-state index contributed by atoms with van der Waals surface area (Å²) in [6.07, 6.45) is 0.698. The molecular formula is C29H28N2O6S. The number of fused-ring (bicyclic) bond motifs is 1. The van der Waals surface area contributed by atoms with E-state index in [1.165, 1.54) is 12.0 Å². The van der Waals surface area contributed by atoms with E-state index in [0.717, 1.165) is 28.2 Å². The molecule has 0 radical (unpaired) electrons. The molecule has 196 valence electrons. The molecular weight excluding hydrogens is 504 g/mol. The fraction of sp³-hybridized carbons (Fsp3) is 0.310. The van der Waals surface area contributed by atoms with Gasteiger partial charge in [-0.3, -0.25) is 14.5 Å². The number of amides is 1. The van der Waals surface area contributed by atoms with Crippen molar-refractivity contribution in [1.82, 2.24) is 4.98 Å². The molecule has 0 spiro atoms. The fourth-order valence-electron chi connectivity index (χ4n) is 4.90. The summed E-state index contributed by atoms with van der Waals surface area (Å²) in [5.41, 5.74) is 3.44.